The van der Waals surface area contributed by atoms with Crippen molar-refractivity contribution in [1.29, 1.82) is 0 Å². The minimum Gasteiger partial charge on any atom is -0.376 e. The number of aryl methyl sites for hydroxylation is 1. The van der Waals surface area contributed by atoms with Gasteiger partial charge in [-0.05, 0) is 43.4 Å². The molecule has 1 aromatic rings. The number of piperidine rings is 1. The van der Waals surface area contributed by atoms with Crippen molar-refractivity contribution in [3.8, 4) is 0 Å². The third-order valence-electron chi connectivity index (χ3n) is 3.65. The van der Waals surface area contributed by atoms with Crippen LogP contribution in [-0.2, 0) is 11.2 Å². The molecule has 1 saturated heterocycles. The number of anilines is 1. The molecule has 3 nitrogen and oxygen atoms in total. The lowest BCUT2D eigenvalue weighted by atomic mass is 10.1. The number of rotatable bonds is 5. The van der Waals surface area contributed by atoms with Gasteiger partial charge in [-0.3, -0.25) is 4.79 Å². The summed E-state index contributed by atoms with van der Waals surface area (Å²) in [6, 6.07) is 8.40. The molecule has 1 fully saturated rings. The minimum atomic E-state index is 0.220. The average Bonchev–Trinajstić information content (AvgIpc) is 2.47. The topological polar surface area (TPSA) is 32.3 Å². The first-order valence-electron chi connectivity index (χ1n) is 7.40. The molecule has 0 saturated carbocycles. The van der Waals surface area contributed by atoms with Crippen LogP contribution in [-0.4, -0.2) is 30.4 Å². The first-order chi connectivity index (χ1) is 9.29. The summed E-state index contributed by atoms with van der Waals surface area (Å²) in [6.45, 7) is 4.45. The molecule has 0 radical (unpaired) electrons. The largest absolute Gasteiger partial charge is 0.376 e. The number of benzene rings is 1. The Morgan fingerprint density at radius 1 is 1.16 bits per heavy atom. The van der Waals surface area contributed by atoms with Gasteiger partial charge in [0.1, 0.15) is 0 Å². The quantitative estimate of drug-likeness (QED) is 0.882. The second kappa shape index (κ2) is 7.17. The number of nitrogens with one attached hydrogen (secondary N) is 1. The van der Waals surface area contributed by atoms with Crippen molar-refractivity contribution in [3.63, 3.8) is 0 Å². The van der Waals surface area contributed by atoms with Gasteiger partial charge in [-0.25, -0.2) is 0 Å². The number of carbonyl (C=O) groups is 1. The lowest BCUT2D eigenvalue weighted by Crippen LogP contribution is -2.39. The van der Waals surface area contributed by atoms with E-state index in [2.05, 4.69) is 36.5 Å². The monoisotopic (exact) mass is 260 g/mol. The Labute approximate surface area is 116 Å². The van der Waals surface area contributed by atoms with E-state index in [-0.39, 0.29) is 5.91 Å². The van der Waals surface area contributed by atoms with Crippen LogP contribution in [0.25, 0.3) is 0 Å². The highest BCUT2D eigenvalue weighted by molar-refractivity contribution is 5.80. The predicted molar refractivity (Wildman–Crippen MR) is 79.4 cm³/mol. The van der Waals surface area contributed by atoms with Gasteiger partial charge in [-0.15, -0.1) is 0 Å². The SMILES string of the molecule is CCCc1ccc(NCC(=O)N2CCCCC2)cc1. The van der Waals surface area contributed by atoms with Crippen LogP contribution in [0.1, 0.15) is 38.2 Å². The number of nitrogens with zero attached hydrogens (tertiary/aromatic N) is 1. The molecule has 0 unspecified atom stereocenters. The van der Waals surface area contributed by atoms with E-state index in [1.165, 1.54) is 18.4 Å². The van der Waals surface area contributed by atoms with Crippen LogP contribution in [0, 0.1) is 0 Å². The molecule has 1 aliphatic heterocycles. The number of carbonyl (C=O) groups excluding carboxylic acids is 1. The van der Waals surface area contributed by atoms with Crippen LogP contribution in [0.4, 0.5) is 5.69 Å². The molecule has 1 amide bonds. The van der Waals surface area contributed by atoms with E-state index in [1.807, 2.05) is 4.90 Å². The highest BCUT2D eigenvalue weighted by Crippen LogP contribution is 2.12. The smallest absolute Gasteiger partial charge is 0.241 e. The maximum Gasteiger partial charge on any atom is 0.241 e. The molecule has 0 atom stereocenters. The highest BCUT2D eigenvalue weighted by atomic mass is 16.2. The molecule has 0 spiro atoms. The van der Waals surface area contributed by atoms with Gasteiger partial charge in [0.25, 0.3) is 0 Å². The molecule has 1 aromatic carbocycles. The van der Waals surface area contributed by atoms with Crippen molar-refractivity contribution in [2.45, 2.75) is 39.0 Å². The van der Waals surface area contributed by atoms with Gasteiger partial charge >= 0.3 is 0 Å². The van der Waals surface area contributed by atoms with E-state index in [4.69, 9.17) is 0 Å². The Morgan fingerprint density at radius 2 is 1.84 bits per heavy atom. The maximum absolute atomic E-state index is 12.0. The van der Waals surface area contributed by atoms with Gasteiger partial charge < -0.3 is 10.2 Å². The molecular formula is C16H24N2O. The van der Waals surface area contributed by atoms with E-state index in [0.29, 0.717) is 6.54 Å². The van der Waals surface area contributed by atoms with Gasteiger partial charge in [-0.1, -0.05) is 25.5 Å². The van der Waals surface area contributed by atoms with Crippen molar-refractivity contribution >= 4 is 11.6 Å². The molecular weight excluding hydrogens is 236 g/mol. The maximum atomic E-state index is 12.0. The lowest BCUT2D eigenvalue weighted by molar-refractivity contribution is -0.130. The van der Waals surface area contributed by atoms with Crippen molar-refractivity contribution in [2.24, 2.45) is 0 Å². The van der Waals surface area contributed by atoms with E-state index >= 15 is 0 Å². The second-order valence-corrected chi connectivity index (χ2v) is 5.24. The van der Waals surface area contributed by atoms with E-state index < -0.39 is 0 Å². The Kier molecular flexibility index (Phi) is 5.25. The van der Waals surface area contributed by atoms with Gasteiger partial charge in [0, 0.05) is 18.8 Å². The molecule has 104 valence electrons. The lowest BCUT2D eigenvalue weighted by Gasteiger charge is -2.26. The van der Waals surface area contributed by atoms with Gasteiger partial charge in [0.05, 0.1) is 6.54 Å². The Morgan fingerprint density at radius 3 is 2.47 bits per heavy atom. The number of hydrogen-bond acceptors (Lipinski definition) is 2. The van der Waals surface area contributed by atoms with Crippen molar-refractivity contribution in [2.75, 3.05) is 25.0 Å². The molecule has 19 heavy (non-hydrogen) atoms. The fraction of sp³-hybridized carbons (Fsp3) is 0.562. The van der Waals surface area contributed by atoms with Crippen LogP contribution in [0.2, 0.25) is 0 Å². The zero-order chi connectivity index (χ0) is 13.5. The Balaban J connectivity index is 1.79. The van der Waals surface area contributed by atoms with Gasteiger partial charge in [0.2, 0.25) is 5.91 Å². The molecule has 1 aliphatic rings. The fourth-order valence-corrected chi connectivity index (χ4v) is 2.51. The first-order valence-corrected chi connectivity index (χ1v) is 7.40. The molecule has 2 rings (SSSR count). The zero-order valence-corrected chi connectivity index (χ0v) is 11.8. The van der Waals surface area contributed by atoms with Crippen molar-refractivity contribution in [3.05, 3.63) is 29.8 Å². The summed E-state index contributed by atoms with van der Waals surface area (Å²) < 4.78 is 0. The van der Waals surface area contributed by atoms with Crippen LogP contribution in [0.3, 0.4) is 0 Å². The van der Waals surface area contributed by atoms with Crippen molar-refractivity contribution < 1.29 is 4.79 Å². The normalized spacial score (nSPS) is 15.3. The molecule has 3 heteroatoms. The highest BCUT2D eigenvalue weighted by Gasteiger charge is 2.15. The molecule has 1 heterocycles. The Hall–Kier alpha value is -1.51. The predicted octanol–water partition coefficient (Wildman–Crippen LogP) is 3.06. The fourth-order valence-electron chi connectivity index (χ4n) is 2.51. The van der Waals surface area contributed by atoms with Gasteiger partial charge in [0.15, 0.2) is 0 Å². The van der Waals surface area contributed by atoms with Crippen molar-refractivity contribution in [1.82, 2.24) is 4.90 Å². The van der Waals surface area contributed by atoms with E-state index in [9.17, 15) is 4.79 Å². The summed E-state index contributed by atoms with van der Waals surface area (Å²) in [7, 11) is 0. The number of likely N-dealkylation sites (tertiary alicyclic amines) is 1. The van der Waals surface area contributed by atoms with Gasteiger partial charge in [-0.2, -0.15) is 0 Å². The van der Waals surface area contributed by atoms with E-state index in [0.717, 1.165) is 38.0 Å². The third kappa shape index (κ3) is 4.27. The summed E-state index contributed by atoms with van der Waals surface area (Å²) in [5.41, 5.74) is 2.39. The number of hydrogen-bond donors (Lipinski definition) is 1. The van der Waals surface area contributed by atoms with Crippen LogP contribution >= 0.6 is 0 Å². The zero-order valence-electron chi connectivity index (χ0n) is 11.8. The summed E-state index contributed by atoms with van der Waals surface area (Å²) in [5, 5.41) is 3.22. The van der Waals surface area contributed by atoms with Crippen LogP contribution in [0.5, 0.6) is 0 Å². The third-order valence-corrected chi connectivity index (χ3v) is 3.65. The van der Waals surface area contributed by atoms with Crippen LogP contribution < -0.4 is 5.32 Å². The number of amides is 1. The second-order valence-electron chi connectivity index (χ2n) is 5.24. The summed E-state index contributed by atoms with van der Waals surface area (Å²) >= 11 is 0. The van der Waals surface area contributed by atoms with Crippen LogP contribution in [0.15, 0.2) is 24.3 Å². The molecule has 0 aromatic heterocycles. The summed E-state index contributed by atoms with van der Waals surface area (Å²) in [6.07, 6.45) is 5.85. The first kappa shape index (κ1) is 13.9. The molecule has 0 aliphatic carbocycles. The summed E-state index contributed by atoms with van der Waals surface area (Å²) in [4.78, 5) is 14.0. The van der Waals surface area contributed by atoms with E-state index in [1.54, 1.807) is 0 Å². The minimum absolute atomic E-state index is 0.220. The molecule has 1 N–H and O–H groups in total. The Bertz CT molecular complexity index is 394. The standard InChI is InChI=1S/C16H24N2O/c1-2-6-14-7-9-15(10-8-14)17-13-16(19)18-11-4-3-5-12-18/h7-10,17H,2-6,11-13H2,1H3. The molecule has 0 bridgehead atoms. The average molecular weight is 260 g/mol. The summed E-state index contributed by atoms with van der Waals surface area (Å²) in [5.74, 6) is 0.220.